The molecule has 0 aromatic heterocycles. The lowest BCUT2D eigenvalue weighted by atomic mass is 9.93. The summed E-state index contributed by atoms with van der Waals surface area (Å²) in [5.41, 5.74) is 7.34. The van der Waals surface area contributed by atoms with E-state index in [4.69, 9.17) is 22.1 Å². The number of ether oxygens (including phenoxy) is 1. The molecule has 0 radical (unpaired) electrons. The summed E-state index contributed by atoms with van der Waals surface area (Å²) in [5, 5.41) is 0.747. The molecule has 1 aromatic carbocycles. The van der Waals surface area contributed by atoms with E-state index >= 15 is 0 Å². The lowest BCUT2D eigenvalue weighted by Gasteiger charge is -2.20. The molecular formula is C16H26ClNO. The molecule has 2 nitrogen and oxygen atoms in total. The Morgan fingerprint density at radius 2 is 2.00 bits per heavy atom. The van der Waals surface area contributed by atoms with Gasteiger partial charge >= 0.3 is 0 Å². The maximum atomic E-state index is 6.26. The van der Waals surface area contributed by atoms with Crippen LogP contribution in [0.1, 0.15) is 46.1 Å². The molecule has 0 heterocycles. The molecule has 108 valence electrons. The Morgan fingerprint density at radius 1 is 1.32 bits per heavy atom. The fourth-order valence-electron chi connectivity index (χ4n) is 1.75. The summed E-state index contributed by atoms with van der Waals surface area (Å²) in [6.07, 6.45) is 2.71. The molecule has 1 unspecified atom stereocenters. The molecule has 3 heteroatoms. The number of hydrogen-bond acceptors (Lipinski definition) is 2. The average Bonchev–Trinajstić information content (AvgIpc) is 2.31. The van der Waals surface area contributed by atoms with Gasteiger partial charge in [0.25, 0.3) is 0 Å². The topological polar surface area (TPSA) is 35.2 Å². The van der Waals surface area contributed by atoms with E-state index in [0.717, 1.165) is 35.6 Å². The highest BCUT2D eigenvalue weighted by molar-refractivity contribution is 6.31. The molecule has 1 aromatic rings. The molecule has 0 amide bonds. The Morgan fingerprint density at radius 3 is 2.58 bits per heavy atom. The van der Waals surface area contributed by atoms with Crippen LogP contribution in [0.15, 0.2) is 18.2 Å². The summed E-state index contributed by atoms with van der Waals surface area (Å²) < 4.78 is 5.90. The maximum absolute atomic E-state index is 6.26. The van der Waals surface area contributed by atoms with E-state index in [1.54, 1.807) is 0 Å². The van der Waals surface area contributed by atoms with Gasteiger partial charge in [0, 0.05) is 16.6 Å². The van der Waals surface area contributed by atoms with Gasteiger partial charge in [0.1, 0.15) is 5.75 Å². The zero-order chi connectivity index (χ0) is 14.5. The predicted molar refractivity (Wildman–Crippen MR) is 83.0 cm³/mol. The fraction of sp³-hybridized carbons (Fsp3) is 0.625. The molecule has 0 saturated carbocycles. The first-order valence-corrected chi connectivity index (χ1v) is 7.37. The molecule has 2 N–H and O–H groups in total. The van der Waals surface area contributed by atoms with Crippen molar-refractivity contribution >= 4 is 11.6 Å². The predicted octanol–water partition coefficient (Wildman–Crippen LogP) is 4.43. The van der Waals surface area contributed by atoms with E-state index < -0.39 is 0 Å². The number of hydrogen-bond donors (Lipinski definition) is 1. The van der Waals surface area contributed by atoms with E-state index in [9.17, 15) is 0 Å². The van der Waals surface area contributed by atoms with Crippen molar-refractivity contribution in [3.8, 4) is 5.75 Å². The first kappa shape index (κ1) is 16.3. The van der Waals surface area contributed by atoms with Gasteiger partial charge in [-0.3, -0.25) is 0 Å². The maximum Gasteiger partial charge on any atom is 0.124 e. The third-order valence-electron chi connectivity index (χ3n) is 3.18. The van der Waals surface area contributed by atoms with Gasteiger partial charge in [-0.15, -0.1) is 0 Å². The second-order valence-electron chi connectivity index (χ2n) is 6.25. The highest BCUT2D eigenvalue weighted by atomic mass is 35.5. The lowest BCUT2D eigenvalue weighted by Crippen LogP contribution is -2.22. The first-order valence-electron chi connectivity index (χ1n) is 6.99. The van der Waals surface area contributed by atoms with E-state index in [1.807, 2.05) is 18.2 Å². The normalized spacial score (nSPS) is 13.4. The number of benzene rings is 1. The van der Waals surface area contributed by atoms with Gasteiger partial charge in [0.05, 0.1) is 6.61 Å². The number of nitrogens with two attached hydrogens (primary N) is 1. The zero-order valence-electron chi connectivity index (χ0n) is 12.5. The van der Waals surface area contributed by atoms with Crippen LogP contribution in [0.4, 0.5) is 0 Å². The van der Waals surface area contributed by atoms with Crippen LogP contribution in [0.25, 0.3) is 0 Å². The summed E-state index contributed by atoms with van der Waals surface area (Å²) in [5.74, 6) is 0.876. The largest absolute Gasteiger partial charge is 0.493 e. The summed E-state index contributed by atoms with van der Waals surface area (Å²) >= 11 is 6.26. The van der Waals surface area contributed by atoms with Gasteiger partial charge in [-0.1, -0.05) is 45.4 Å². The number of rotatable bonds is 6. The Labute approximate surface area is 122 Å². The quantitative estimate of drug-likeness (QED) is 0.838. The molecule has 0 aliphatic heterocycles. The summed E-state index contributed by atoms with van der Waals surface area (Å²) in [4.78, 5) is 0. The molecular weight excluding hydrogens is 258 g/mol. The molecule has 19 heavy (non-hydrogen) atoms. The molecule has 0 spiro atoms. The minimum absolute atomic E-state index is 0.130. The van der Waals surface area contributed by atoms with Gasteiger partial charge in [-0.05, 0) is 36.8 Å². The highest BCUT2D eigenvalue weighted by Gasteiger charge is 2.14. The van der Waals surface area contributed by atoms with Crippen molar-refractivity contribution in [3.05, 3.63) is 28.8 Å². The minimum atomic E-state index is 0.130. The Kier molecular flexibility index (Phi) is 6.15. The minimum Gasteiger partial charge on any atom is -0.493 e. The van der Waals surface area contributed by atoms with E-state index in [0.29, 0.717) is 6.61 Å². The van der Waals surface area contributed by atoms with Crippen molar-refractivity contribution in [2.75, 3.05) is 6.61 Å². The molecule has 0 saturated heterocycles. The van der Waals surface area contributed by atoms with Crippen molar-refractivity contribution in [2.45, 2.75) is 53.0 Å². The van der Waals surface area contributed by atoms with Crippen molar-refractivity contribution in [3.63, 3.8) is 0 Å². The van der Waals surface area contributed by atoms with Crippen LogP contribution in [0.3, 0.4) is 0 Å². The Hall–Kier alpha value is -0.730. The van der Waals surface area contributed by atoms with E-state index in [-0.39, 0.29) is 11.5 Å². The van der Waals surface area contributed by atoms with Crippen LogP contribution in [0, 0.1) is 5.41 Å². The van der Waals surface area contributed by atoms with E-state index in [1.165, 1.54) is 0 Å². The zero-order valence-corrected chi connectivity index (χ0v) is 13.3. The van der Waals surface area contributed by atoms with Crippen LogP contribution in [0.2, 0.25) is 5.02 Å². The summed E-state index contributed by atoms with van der Waals surface area (Å²) in [6.45, 7) is 9.42. The van der Waals surface area contributed by atoms with Crippen LogP contribution in [0.5, 0.6) is 5.75 Å². The van der Waals surface area contributed by atoms with Crippen molar-refractivity contribution < 1.29 is 4.74 Å². The summed E-state index contributed by atoms with van der Waals surface area (Å²) in [6, 6.07) is 5.93. The van der Waals surface area contributed by atoms with Gasteiger partial charge in [0.15, 0.2) is 0 Å². The molecule has 0 bridgehead atoms. The molecule has 0 fully saturated rings. The van der Waals surface area contributed by atoms with Crippen molar-refractivity contribution in [1.29, 1.82) is 0 Å². The van der Waals surface area contributed by atoms with Gasteiger partial charge in [-0.25, -0.2) is 0 Å². The van der Waals surface area contributed by atoms with Crippen molar-refractivity contribution in [2.24, 2.45) is 11.1 Å². The third kappa shape index (κ3) is 5.84. The standard InChI is InChI=1S/C16H26ClNO/c1-5-12(18)11-13-14(17)7-6-8-15(13)19-10-9-16(2,3)4/h6-8,12H,5,9-11,18H2,1-4H3. The van der Waals surface area contributed by atoms with Crippen LogP contribution in [-0.4, -0.2) is 12.6 Å². The number of halogens is 1. The highest BCUT2D eigenvalue weighted by Crippen LogP contribution is 2.29. The van der Waals surface area contributed by atoms with Crippen LogP contribution < -0.4 is 10.5 Å². The monoisotopic (exact) mass is 283 g/mol. The Balaban J connectivity index is 2.74. The van der Waals surface area contributed by atoms with Gasteiger partial charge in [-0.2, -0.15) is 0 Å². The van der Waals surface area contributed by atoms with Crippen LogP contribution >= 0.6 is 11.6 Å². The van der Waals surface area contributed by atoms with Gasteiger partial charge in [0.2, 0.25) is 0 Å². The smallest absolute Gasteiger partial charge is 0.124 e. The molecule has 0 aliphatic carbocycles. The van der Waals surface area contributed by atoms with Crippen molar-refractivity contribution in [1.82, 2.24) is 0 Å². The Bertz CT molecular complexity index is 398. The van der Waals surface area contributed by atoms with Crippen LogP contribution in [-0.2, 0) is 6.42 Å². The molecule has 0 aliphatic rings. The fourth-order valence-corrected chi connectivity index (χ4v) is 1.99. The SMILES string of the molecule is CCC(N)Cc1c(Cl)cccc1OCCC(C)(C)C. The first-order chi connectivity index (χ1) is 8.83. The second-order valence-corrected chi connectivity index (χ2v) is 6.66. The van der Waals surface area contributed by atoms with Gasteiger partial charge < -0.3 is 10.5 Å². The van der Waals surface area contributed by atoms with E-state index in [2.05, 4.69) is 27.7 Å². The average molecular weight is 284 g/mol. The summed E-state index contributed by atoms with van der Waals surface area (Å²) in [7, 11) is 0. The molecule has 1 atom stereocenters. The third-order valence-corrected chi connectivity index (χ3v) is 3.53. The molecule has 1 rings (SSSR count). The lowest BCUT2D eigenvalue weighted by molar-refractivity contribution is 0.241. The second kappa shape index (κ2) is 7.16.